The van der Waals surface area contributed by atoms with Crippen LogP contribution in [0.5, 0.6) is 5.75 Å². The first-order chi connectivity index (χ1) is 11.8. The normalized spacial score (nSPS) is 11.2. The molecule has 132 valence electrons. The molecule has 2 aromatic heterocycles. The van der Waals surface area contributed by atoms with Gasteiger partial charge in [-0.25, -0.2) is 9.78 Å². The summed E-state index contributed by atoms with van der Waals surface area (Å²) in [6.45, 7) is 4.84. The minimum Gasteiger partial charge on any atom is -0.491 e. The second-order valence-corrected chi connectivity index (χ2v) is 6.74. The molecule has 7 nitrogen and oxygen atoms in total. The molecule has 0 aliphatic heterocycles. The van der Waals surface area contributed by atoms with Crippen LogP contribution in [0.2, 0.25) is 0 Å². The maximum Gasteiger partial charge on any atom is 0.332 e. The Bertz CT molecular complexity index is 1080. The highest BCUT2D eigenvalue weighted by molar-refractivity contribution is 9.10. The maximum atomic E-state index is 12.3. The van der Waals surface area contributed by atoms with Crippen molar-refractivity contribution in [1.29, 1.82) is 0 Å². The first-order valence-electron chi connectivity index (χ1n) is 7.83. The fourth-order valence-corrected chi connectivity index (χ4v) is 3.29. The van der Waals surface area contributed by atoms with E-state index in [1.54, 1.807) is 11.6 Å². The molecule has 3 aromatic rings. The van der Waals surface area contributed by atoms with Gasteiger partial charge in [-0.15, -0.1) is 0 Å². The Labute approximate surface area is 152 Å². The summed E-state index contributed by atoms with van der Waals surface area (Å²) in [5.74, 6) is 0.824. The number of imidazole rings is 1. The lowest BCUT2D eigenvalue weighted by molar-refractivity contribution is 0.296. The van der Waals surface area contributed by atoms with Crippen molar-refractivity contribution in [2.75, 3.05) is 6.61 Å². The molecule has 0 aliphatic rings. The third kappa shape index (κ3) is 3.02. The summed E-state index contributed by atoms with van der Waals surface area (Å²) in [7, 11) is 3.07. The molecule has 0 bridgehead atoms. The molecule has 0 N–H and O–H groups in total. The Morgan fingerprint density at radius 2 is 1.88 bits per heavy atom. The van der Waals surface area contributed by atoms with Crippen LogP contribution >= 0.6 is 15.9 Å². The molecule has 0 atom stereocenters. The van der Waals surface area contributed by atoms with Crippen LogP contribution in [0.4, 0.5) is 0 Å². The van der Waals surface area contributed by atoms with Crippen molar-refractivity contribution < 1.29 is 4.74 Å². The zero-order valence-electron chi connectivity index (χ0n) is 14.5. The molecule has 0 spiro atoms. The third-order valence-electron chi connectivity index (χ3n) is 4.21. The van der Waals surface area contributed by atoms with Crippen LogP contribution in [-0.2, 0) is 20.6 Å². The highest BCUT2D eigenvalue weighted by Gasteiger charge is 2.17. The monoisotopic (exact) mass is 406 g/mol. The maximum absolute atomic E-state index is 12.3. The molecular weight excluding hydrogens is 388 g/mol. The molecule has 0 amide bonds. The van der Waals surface area contributed by atoms with Crippen molar-refractivity contribution in [2.24, 2.45) is 14.1 Å². The van der Waals surface area contributed by atoms with E-state index in [0.717, 1.165) is 21.4 Å². The van der Waals surface area contributed by atoms with Gasteiger partial charge >= 0.3 is 5.69 Å². The number of hydrogen-bond acceptors (Lipinski definition) is 4. The summed E-state index contributed by atoms with van der Waals surface area (Å²) in [6.07, 6.45) is 0. The molecule has 8 heteroatoms. The largest absolute Gasteiger partial charge is 0.491 e. The molecule has 25 heavy (non-hydrogen) atoms. The van der Waals surface area contributed by atoms with Crippen LogP contribution in [0.1, 0.15) is 11.1 Å². The van der Waals surface area contributed by atoms with Crippen LogP contribution in [0.25, 0.3) is 11.2 Å². The zero-order valence-corrected chi connectivity index (χ0v) is 16.1. The molecule has 1 aromatic carbocycles. The van der Waals surface area contributed by atoms with Crippen molar-refractivity contribution >= 4 is 27.1 Å². The summed E-state index contributed by atoms with van der Waals surface area (Å²) in [5.41, 5.74) is 2.12. The Hall–Kier alpha value is -2.35. The van der Waals surface area contributed by atoms with E-state index in [9.17, 15) is 9.59 Å². The van der Waals surface area contributed by atoms with E-state index in [1.807, 2.05) is 32.0 Å². The van der Waals surface area contributed by atoms with Gasteiger partial charge in [0.05, 0.1) is 6.54 Å². The van der Waals surface area contributed by atoms with Gasteiger partial charge in [0, 0.05) is 14.1 Å². The Balaban J connectivity index is 1.95. The van der Waals surface area contributed by atoms with E-state index in [0.29, 0.717) is 23.5 Å². The molecule has 0 aliphatic carbocycles. The average Bonchev–Trinajstić information content (AvgIpc) is 2.91. The highest BCUT2D eigenvalue weighted by Crippen LogP contribution is 2.20. The molecule has 0 unspecified atom stereocenters. The first-order valence-corrected chi connectivity index (χ1v) is 8.62. The van der Waals surface area contributed by atoms with Crippen molar-refractivity contribution in [3.63, 3.8) is 0 Å². The number of aromatic nitrogens is 4. The Morgan fingerprint density at radius 1 is 1.16 bits per heavy atom. The summed E-state index contributed by atoms with van der Waals surface area (Å²) in [6, 6.07) is 6.04. The van der Waals surface area contributed by atoms with Gasteiger partial charge in [0.15, 0.2) is 15.9 Å². The smallest absolute Gasteiger partial charge is 0.332 e. The van der Waals surface area contributed by atoms with Gasteiger partial charge in [-0.05, 0) is 47.0 Å². The predicted molar refractivity (Wildman–Crippen MR) is 99.3 cm³/mol. The molecule has 0 radical (unpaired) electrons. The molecule has 3 rings (SSSR count). The fraction of sp³-hybridized carbons (Fsp3) is 0.353. The number of hydrogen-bond donors (Lipinski definition) is 0. The zero-order chi connectivity index (χ0) is 18.3. The lowest BCUT2D eigenvalue weighted by Gasteiger charge is -2.12. The van der Waals surface area contributed by atoms with Crippen LogP contribution in [0, 0.1) is 13.8 Å². The molecule has 0 saturated heterocycles. The van der Waals surface area contributed by atoms with Gasteiger partial charge < -0.3 is 9.30 Å². The fourth-order valence-electron chi connectivity index (χ4n) is 2.77. The summed E-state index contributed by atoms with van der Waals surface area (Å²) >= 11 is 3.37. The molecule has 0 fully saturated rings. The summed E-state index contributed by atoms with van der Waals surface area (Å²) in [4.78, 5) is 28.7. The van der Waals surface area contributed by atoms with Gasteiger partial charge in [0.1, 0.15) is 12.4 Å². The molecule has 0 saturated carbocycles. The van der Waals surface area contributed by atoms with Crippen molar-refractivity contribution in [3.05, 3.63) is 54.9 Å². The van der Waals surface area contributed by atoms with Gasteiger partial charge in [-0.2, -0.15) is 0 Å². The minimum absolute atomic E-state index is 0.253. The third-order valence-corrected chi connectivity index (χ3v) is 4.81. The lowest BCUT2D eigenvalue weighted by atomic mass is 10.1. The summed E-state index contributed by atoms with van der Waals surface area (Å²) in [5, 5.41) is 0. The van der Waals surface area contributed by atoms with Crippen molar-refractivity contribution in [2.45, 2.75) is 20.4 Å². The second kappa shape index (κ2) is 6.51. The quantitative estimate of drug-likeness (QED) is 0.620. The van der Waals surface area contributed by atoms with E-state index >= 15 is 0 Å². The highest BCUT2D eigenvalue weighted by atomic mass is 79.9. The van der Waals surface area contributed by atoms with Crippen molar-refractivity contribution in [1.82, 2.24) is 18.7 Å². The number of benzene rings is 1. The van der Waals surface area contributed by atoms with E-state index in [2.05, 4.69) is 20.9 Å². The number of fused-ring (bicyclic) bond motifs is 1. The van der Waals surface area contributed by atoms with E-state index < -0.39 is 5.56 Å². The van der Waals surface area contributed by atoms with Crippen molar-refractivity contribution in [3.8, 4) is 5.75 Å². The van der Waals surface area contributed by atoms with Gasteiger partial charge in [0.2, 0.25) is 0 Å². The van der Waals surface area contributed by atoms with Gasteiger partial charge in [-0.1, -0.05) is 12.1 Å². The van der Waals surface area contributed by atoms with Gasteiger partial charge in [0.25, 0.3) is 5.56 Å². The van der Waals surface area contributed by atoms with Crippen LogP contribution in [-0.4, -0.2) is 25.3 Å². The Morgan fingerprint density at radius 3 is 2.60 bits per heavy atom. The first kappa shape index (κ1) is 17.5. The standard InChI is InChI=1S/C17H19BrN4O3/c1-10-5-6-11(2)12(9-10)25-8-7-22-14-13(19-16(22)18)15(23)21(4)17(24)20(14)3/h5-6,9H,7-8H2,1-4H3. The minimum atomic E-state index is -0.409. The SMILES string of the molecule is Cc1ccc(C)c(OCCn2c(Br)nc3c(=O)n(C)c(=O)n(C)c32)c1. The topological polar surface area (TPSA) is 71.1 Å². The molecular formula is C17H19BrN4O3. The van der Waals surface area contributed by atoms with E-state index in [4.69, 9.17) is 4.74 Å². The van der Waals surface area contributed by atoms with Crippen LogP contribution < -0.4 is 16.0 Å². The molecule has 2 heterocycles. The van der Waals surface area contributed by atoms with Crippen LogP contribution in [0.15, 0.2) is 32.5 Å². The average molecular weight is 407 g/mol. The van der Waals surface area contributed by atoms with E-state index in [1.165, 1.54) is 11.6 Å². The number of aryl methyl sites for hydroxylation is 3. The second-order valence-electron chi connectivity index (χ2n) is 6.03. The van der Waals surface area contributed by atoms with Gasteiger partial charge in [-0.3, -0.25) is 13.9 Å². The number of ether oxygens (including phenoxy) is 1. The Kier molecular flexibility index (Phi) is 4.55. The predicted octanol–water partition coefficient (Wildman–Crippen LogP) is 1.89. The number of nitrogens with zero attached hydrogens (tertiary/aromatic N) is 4. The lowest BCUT2D eigenvalue weighted by Crippen LogP contribution is -2.37. The van der Waals surface area contributed by atoms with E-state index in [-0.39, 0.29) is 11.2 Å². The number of rotatable bonds is 4. The summed E-state index contributed by atoms with van der Waals surface area (Å²) < 4.78 is 10.6. The van der Waals surface area contributed by atoms with Crippen LogP contribution in [0.3, 0.4) is 0 Å². The number of halogens is 1.